The van der Waals surface area contributed by atoms with Crippen LogP contribution in [0.25, 0.3) is 0 Å². The summed E-state index contributed by atoms with van der Waals surface area (Å²) in [5.41, 5.74) is 4.65. The monoisotopic (exact) mass is 741 g/mol. The number of nitrogens with one attached hydrogen (secondary N) is 1. The zero-order valence-electron chi connectivity index (χ0n) is 27.5. The van der Waals surface area contributed by atoms with Gasteiger partial charge in [0.1, 0.15) is 0 Å². The fraction of sp³-hybridized carbons (Fsp3) is 0.342. The maximum Gasteiger partial charge on any atom is 0.303 e. The van der Waals surface area contributed by atoms with Gasteiger partial charge in [-0.15, -0.1) is 0 Å². The van der Waals surface area contributed by atoms with E-state index < -0.39 is 58.7 Å². The lowest BCUT2D eigenvalue weighted by atomic mass is 9.49. The summed E-state index contributed by atoms with van der Waals surface area (Å²) in [5.74, 6) is -6.88. The van der Waals surface area contributed by atoms with Crippen molar-refractivity contribution >= 4 is 51.2 Å². The van der Waals surface area contributed by atoms with Crippen LogP contribution in [0.1, 0.15) is 48.3 Å². The number of aryl methyl sites for hydroxylation is 1. The third kappa shape index (κ3) is 5.10. The quantitative estimate of drug-likeness (QED) is 0.195. The van der Waals surface area contributed by atoms with Crippen LogP contribution in [-0.4, -0.2) is 63.4 Å². The number of imide groups is 2. The molecule has 3 N–H and O–H groups in total. The van der Waals surface area contributed by atoms with E-state index in [1.165, 1.54) is 7.11 Å². The van der Waals surface area contributed by atoms with Crippen molar-refractivity contribution in [3.05, 3.63) is 99.5 Å². The molecule has 2 aliphatic heterocycles. The number of carboxylic acid groups (broad SMARTS) is 1. The number of hydrogen-bond acceptors (Lipinski definition) is 8. The number of aliphatic carboxylic acids is 1. The molecule has 4 amide bonds. The van der Waals surface area contributed by atoms with E-state index >= 15 is 4.79 Å². The van der Waals surface area contributed by atoms with E-state index in [0.717, 1.165) is 15.5 Å². The highest BCUT2D eigenvalue weighted by molar-refractivity contribution is 9.10. The number of ether oxygens (including phenoxy) is 1. The number of hydrazine groups is 1. The standard InChI is InChI=1S/C38H36BrN3O8/c1-20-10-12-23(13-11-20)40-42-35(47)28-19-26-24(14-15-25-31(26)36(48)41(34(25)46)16-6-9-30(43)44)32(27-17-22(39)18-29(50-2)33(27)45)38(28,37(42)49)21-7-4-3-5-8-21/h3-5,7-8,10-14,17-18,25-26,28,31-32,40,45H,6,9,15-16,19H2,1-2H3,(H,43,44)/t25-,26+,28-,31-,32+,38+/m0/s1. The van der Waals surface area contributed by atoms with Gasteiger partial charge >= 0.3 is 5.97 Å². The lowest BCUT2D eigenvalue weighted by molar-refractivity contribution is -0.142. The van der Waals surface area contributed by atoms with Crippen LogP contribution in [0.2, 0.25) is 0 Å². The average molecular weight is 743 g/mol. The number of hydrogen-bond donors (Lipinski definition) is 3. The van der Waals surface area contributed by atoms with Crippen LogP contribution in [-0.2, 0) is 29.4 Å². The van der Waals surface area contributed by atoms with Crippen LogP contribution in [0.15, 0.2) is 82.9 Å². The second kappa shape index (κ2) is 12.7. The number of anilines is 1. The van der Waals surface area contributed by atoms with Crippen LogP contribution in [0.3, 0.4) is 0 Å². The Kier molecular flexibility index (Phi) is 8.53. The van der Waals surface area contributed by atoms with E-state index in [0.29, 0.717) is 26.9 Å². The first-order valence-electron chi connectivity index (χ1n) is 16.6. The van der Waals surface area contributed by atoms with E-state index in [1.807, 2.05) is 43.3 Å². The molecule has 2 saturated heterocycles. The molecule has 50 heavy (non-hydrogen) atoms. The molecular formula is C38H36BrN3O8. The molecule has 3 aromatic rings. The minimum atomic E-state index is -1.55. The first-order valence-corrected chi connectivity index (χ1v) is 17.4. The van der Waals surface area contributed by atoms with Crippen molar-refractivity contribution in [1.82, 2.24) is 9.91 Å². The van der Waals surface area contributed by atoms with E-state index in [4.69, 9.17) is 4.74 Å². The van der Waals surface area contributed by atoms with Crippen molar-refractivity contribution < 1.29 is 38.9 Å². The highest BCUT2D eigenvalue weighted by Crippen LogP contribution is 2.65. The Morgan fingerprint density at radius 1 is 1.00 bits per heavy atom. The number of carbonyl (C=O) groups is 5. The molecular weight excluding hydrogens is 706 g/mol. The summed E-state index contributed by atoms with van der Waals surface area (Å²) in [5, 5.41) is 22.0. The number of carbonyl (C=O) groups excluding carboxylic acids is 4. The molecule has 2 heterocycles. The summed E-state index contributed by atoms with van der Waals surface area (Å²) in [6, 6.07) is 19.7. The molecule has 11 nitrogen and oxygen atoms in total. The molecule has 12 heteroatoms. The zero-order chi connectivity index (χ0) is 35.5. The molecule has 3 fully saturated rings. The van der Waals surface area contributed by atoms with Crippen LogP contribution in [0, 0.1) is 30.6 Å². The van der Waals surface area contributed by atoms with Gasteiger partial charge in [0.15, 0.2) is 11.5 Å². The predicted octanol–water partition coefficient (Wildman–Crippen LogP) is 5.32. The lowest BCUT2D eigenvalue weighted by Crippen LogP contribution is -2.53. The lowest BCUT2D eigenvalue weighted by Gasteiger charge is -2.50. The van der Waals surface area contributed by atoms with Crippen molar-refractivity contribution in [2.75, 3.05) is 19.1 Å². The molecule has 0 unspecified atom stereocenters. The first kappa shape index (κ1) is 33.5. The Bertz CT molecular complexity index is 1950. The van der Waals surface area contributed by atoms with Gasteiger partial charge in [-0.25, -0.2) is 0 Å². The summed E-state index contributed by atoms with van der Waals surface area (Å²) >= 11 is 3.55. The van der Waals surface area contributed by atoms with Gasteiger partial charge in [0.05, 0.1) is 36.0 Å². The SMILES string of the molecule is COc1cc(Br)cc([C@H]2C3=CC[C@@H]4C(=O)N(CCCC(=O)O)C(=O)[C@@H]4[C@@H]3C[C@H]3C(=O)N(Nc4ccc(C)cc4)C(=O)[C@@]23c2ccccc2)c1O. The Morgan fingerprint density at radius 2 is 1.72 bits per heavy atom. The van der Waals surface area contributed by atoms with Crippen LogP contribution >= 0.6 is 15.9 Å². The number of halogens is 1. The Labute approximate surface area is 297 Å². The van der Waals surface area contributed by atoms with Gasteiger partial charge < -0.3 is 14.9 Å². The molecule has 2 aliphatic carbocycles. The minimum Gasteiger partial charge on any atom is -0.504 e. The molecule has 258 valence electrons. The number of allylic oxidation sites excluding steroid dienone is 2. The summed E-state index contributed by atoms with van der Waals surface area (Å²) in [6.45, 7) is 1.92. The number of likely N-dealkylation sites (tertiary alicyclic amines) is 1. The number of methoxy groups -OCH3 is 1. The van der Waals surface area contributed by atoms with Gasteiger partial charge in [-0.05, 0) is 61.9 Å². The molecule has 0 aromatic heterocycles. The van der Waals surface area contributed by atoms with E-state index in [2.05, 4.69) is 21.4 Å². The van der Waals surface area contributed by atoms with Crippen LogP contribution < -0.4 is 10.2 Å². The smallest absolute Gasteiger partial charge is 0.303 e. The zero-order valence-corrected chi connectivity index (χ0v) is 29.1. The third-order valence-electron chi connectivity index (χ3n) is 10.9. The van der Waals surface area contributed by atoms with Gasteiger partial charge in [-0.1, -0.05) is 75.6 Å². The number of fused-ring (bicyclic) bond motifs is 4. The van der Waals surface area contributed by atoms with Crippen molar-refractivity contribution in [1.29, 1.82) is 0 Å². The maximum atomic E-state index is 15.2. The summed E-state index contributed by atoms with van der Waals surface area (Å²) in [4.78, 5) is 70.2. The normalized spacial score (nSPS) is 27.1. The van der Waals surface area contributed by atoms with E-state index in [-0.39, 0.29) is 49.6 Å². The first-order chi connectivity index (χ1) is 24.0. The number of aromatic hydroxyl groups is 1. The van der Waals surface area contributed by atoms with Crippen molar-refractivity contribution in [2.45, 2.75) is 43.9 Å². The second-order valence-electron chi connectivity index (χ2n) is 13.5. The second-order valence-corrected chi connectivity index (χ2v) is 14.4. The number of amides is 4. The molecule has 0 bridgehead atoms. The number of phenolic OH excluding ortho intramolecular Hbond substituents is 1. The molecule has 0 radical (unpaired) electrons. The fourth-order valence-corrected chi connectivity index (χ4v) is 9.19. The van der Waals surface area contributed by atoms with Gasteiger partial charge in [0.25, 0.3) is 11.8 Å². The summed E-state index contributed by atoms with van der Waals surface area (Å²) < 4.78 is 6.12. The van der Waals surface area contributed by atoms with Crippen LogP contribution in [0.5, 0.6) is 11.5 Å². The molecule has 3 aromatic carbocycles. The minimum absolute atomic E-state index is 0.0187. The average Bonchev–Trinajstić information content (AvgIpc) is 3.47. The highest BCUT2D eigenvalue weighted by atomic mass is 79.9. The Hall–Kier alpha value is -4.97. The number of nitrogens with zero attached hydrogens (tertiary/aromatic N) is 2. The van der Waals surface area contributed by atoms with Gasteiger partial charge in [-0.2, -0.15) is 5.01 Å². The maximum absolute atomic E-state index is 15.2. The number of rotatable bonds is 9. The molecule has 7 rings (SSSR count). The van der Waals surface area contributed by atoms with E-state index in [1.54, 1.807) is 36.4 Å². The van der Waals surface area contributed by atoms with E-state index in [9.17, 15) is 29.4 Å². The Balaban J connectivity index is 1.43. The van der Waals surface area contributed by atoms with Crippen molar-refractivity contribution in [3.8, 4) is 11.5 Å². The van der Waals surface area contributed by atoms with Crippen LogP contribution in [0.4, 0.5) is 5.69 Å². The molecule has 4 aliphatic rings. The third-order valence-corrected chi connectivity index (χ3v) is 11.3. The molecule has 6 atom stereocenters. The predicted molar refractivity (Wildman–Crippen MR) is 185 cm³/mol. The number of benzene rings is 3. The number of phenols is 1. The number of carboxylic acids is 1. The highest BCUT2D eigenvalue weighted by Gasteiger charge is 2.70. The summed E-state index contributed by atoms with van der Waals surface area (Å²) in [6.07, 6.45) is 2.15. The molecule has 0 spiro atoms. The van der Waals surface area contributed by atoms with Gasteiger partial charge in [0, 0.05) is 28.9 Å². The fourth-order valence-electron chi connectivity index (χ4n) is 8.74. The Morgan fingerprint density at radius 3 is 2.40 bits per heavy atom. The van der Waals surface area contributed by atoms with Gasteiger partial charge in [-0.3, -0.25) is 34.3 Å². The van der Waals surface area contributed by atoms with Gasteiger partial charge in [0.2, 0.25) is 11.8 Å². The van der Waals surface area contributed by atoms with Crippen molar-refractivity contribution in [2.24, 2.45) is 23.7 Å². The largest absolute Gasteiger partial charge is 0.504 e. The summed E-state index contributed by atoms with van der Waals surface area (Å²) in [7, 11) is 1.43. The van der Waals surface area contributed by atoms with Crippen molar-refractivity contribution in [3.63, 3.8) is 0 Å². The molecule has 1 saturated carbocycles. The topological polar surface area (TPSA) is 154 Å².